The van der Waals surface area contributed by atoms with Crippen LogP contribution in [-0.4, -0.2) is 27.8 Å². The molecule has 0 radical (unpaired) electrons. The molecule has 0 amide bonds. The van der Waals surface area contributed by atoms with Gasteiger partial charge in [-0.3, -0.25) is 0 Å². The van der Waals surface area contributed by atoms with Crippen molar-refractivity contribution in [3.63, 3.8) is 0 Å². The van der Waals surface area contributed by atoms with E-state index in [1.807, 2.05) is 0 Å². The molecule has 0 saturated carbocycles. The van der Waals surface area contributed by atoms with E-state index in [0.29, 0.717) is 0 Å². The van der Waals surface area contributed by atoms with Gasteiger partial charge in [0.05, 0.1) is 12.6 Å². The Hall–Kier alpha value is -1.40. The number of rotatable bonds is 4. The zero-order chi connectivity index (χ0) is 12.1. The molecule has 8 heteroatoms. The van der Waals surface area contributed by atoms with Crippen LogP contribution in [0.3, 0.4) is 0 Å². The van der Waals surface area contributed by atoms with E-state index < -0.39 is 23.2 Å². The summed E-state index contributed by atoms with van der Waals surface area (Å²) < 4.78 is 13.4. The van der Waals surface area contributed by atoms with E-state index in [1.165, 1.54) is 12.3 Å². The molecule has 0 saturated heterocycles. The third-order valence-corrected chi connectivity index (χ3v) is 2.16. The molecule has 0 aromatic carbocycles. The molecule has 0 fully saturated rings. The maximum atomic E-state index is 13.4. The van der Waals surface area contributed by atoms with E-state index in [9.17, 15) is 14.6 Å². The standard InChI is InChI=1S/C8H8ClFN4O2/c9-8-6(10)4(1-2-12-8)7(16)5(15)3-13-14-11/h1-2,5,7,15-16H,3H2. The molecular formula is C8H8ClFN4O2. The molecule has 16 heavy (non-hydrogen) atoms. The molecule has 1 aromatic heterocycles. The van der Waals surface area contributed by atoms with Crippen molar-refractivity contribution in [2.45, 2.75) is 12.2 Å². The summed E-state index contributed by atoms with van der Waals surface area (Å²) in [6, 6.07) is 1.19. The molecule has 1 heterocycles. The number of halogens is 2. The number of azide groups is 1. The maximum absolute atomic E-state index is 13.4. The van der Waals surface area contributed by atoms with E-state index in [0.717, 1.165) is 0 Å². The van der Waals surface area contributed by atoms with Crippen LogP contribution >= 0.6 is 11.6 Å². The summed E-state index contributed by atoms with van der Waals surface area (Å²) in [7, 11) is 0. The fourth-order valence-corrected chi connectivity index (χ4v) is 1.25. The summed E-state index contributed by atoms with van der Waals surface area (Å²) in [6.07, 6.45) is -1.72. The second kappa shape index (κ2) is 5.62. The first-order chi connectivity index (χ1) is 7.57. The molecule has 2 N–H and O–H groups in total. The van der Waals surface area contributed by atoms with Crippen LogP contribution in [0.25, 0.3) is 10.4 Å². The van der Waals surface area contributed by atoms with Crippen LogP contribution < -0.4 is 0 Å². The van der Waals surface area contributed by atoms with Gasteiger partial charge in [-0.05, 0) is 11.6 Å². The normalized spacial score (nSPS) is 14.0. The Labute approximate surface area is 94.9 Å². The van der Waals surface area contributed by atoms with E-state index in [-0.39, 0.29) is 12.1 Å². The van der Waals surface area contributed by atoms with E-state index in [4.69, 9.17) is 17.1 Å². The quantitative estimate of drug-likeness (QED) is 0.365. The highest BCUT2D eigenvalue weighted by Crippen LogP contribution is 2.23. The third kappa shape index (κ3) is 2.80. The van der Waals surface area contributed by atoms with Crippen molar-refractivity contribution in [2.75, 3.05) is 6.54 Å². The van der Waals surface area contributed by atoms with Crippen LogP contribution in [0.1, 0.15) is 11.7 Å². The van der Waals surface area contributed by atoms with Crippen molar-refractivity contribution in [1.29, 1.82) is 0 Å². The Balaban J connectivity index is 2.91. The monoisotopic (exact) mass is 246 g/mol. The first-order valence-electron chi connectivity index (χ1n) is 4.24. The lowest BCUT2D eigenvalue weighted by Crippen LogP contribution is -2.22. The van der Waals surface area contributed by atoms with Crippen LogP contribution in [-0.2, 0) is 0 Å². The lowest BCUT2D eigenvalue weighted by Gasteiger charge is -2.16. The van der Waals surface area contributed by atoms with Gasteiger partial charge in [-0.2, -0.15) is 0 Å². The van der Waals surface area contributed by atoms with Gasteiger partial charge in [-0.1, -0.05) is 16.7 Å². The average Bonchev–Trinajstić information content (AvgIpc) is 2.28. The van der Waals surface area contributed by atoms with Gasteiger partial charge in [0.15, 0.2) is 11.0 Å². The number of aromatic nitrogens is 1. The van der Waals surface area contributed by atoms with Gasteiger partial charge in [0, 0.05) is 16.7 Å². The van der Waals surface area contributed by atoms with Crippen LogP contribution in [0.2, 0.25) is 5.15 Å². The Kier molecular flexibility index (Phi) is 4.45. The smallest absolute Gasteiger partial charge is 0.166 e. The van der Waals surface area contributed by atoms with Crippen LogP contribution in [0.4, 0.5) is 4.39 Å². The molecule has 1 aromatic rings. The minimum atomic E-state index is -1.52. The molecule has 0 aliphatic heterocycles. The van der Waals surface area contributed by atoms with E-state index in [2.05, 4.69) is 15.0 Å². The zero-order valence-corrected chi connectivity index (χ0v) is 8.71. The van der Waals surface area contributed by atoms with Crippen molar-refractivity contribution >= 4 is 11.6 Å². The molecule has 0 spiro atoms. The topological polar surface area (TPSA) is 102 Å². The average molecular weight is 247 g/mol. The van der Waals surface area contributed by atoms with Crippen LogP contribution in [0.15, 0.2) is 17.4 Å². The molecule has 2 atom stereocenters. The van der Waals surface area contributed by atoms with Crippen molar-refractivity contribution in [3.8, 4) is 0 Å². The van der Waals surface area contributed by atoms with Gasteiger partial charge in [-0.15, -0.1) is 0 Å². The first kappa shape index (κ1) is 12.7. The second-order valence-corrected chi connectivity index (χ2v) is 3.29. The Morgan fingerprint density at radius 3 is 2.94 bits per heavy atom. The summed E-state index contributed by atoms with van der Waals surface area (Å²) in [5.74, 6) is -0.906. The molecular weight excluding hydrogens is 239 g/mol. The molecule has 2 unspecified atom stereocenters. The Morgan fingerprint density at radius 2 is 2.31 bits per heavy atom. The second-order valence-electron chi connectivity index (χ2n) is 2.93. The lowest BCUT2D eigenvalue weighted by atomic mass is 10.1. The van der Waals surface area contributed by atoms with Gasteiger partial charge < -0.3 is 10.2 Å². The zero-order valence-electron chi connectivity index (χ0n) is 7.96. The number of aliphatic hydroxyl groups excluding tert-OH is 2. The number of hydrogen-bond acceptors (Lipinski definition) is 4. The molecule has 0 aliphatic rings. The maximum Gasteiger partial charge on any atom is 0.166 e. The molecule has 1 rings (SSSR count). The largest absolute Gasteiger partial charge is 0.390 e. The van der Waals surface area contributed by atoms with Gasteiger partial charge >= 0.3 is 0 Å². The van der Waals surface area contributed by atoms with Gasteiger partial charge in [0.25, 0.3) is 0 Å². The highest BCUT2D eigenvalue weighted by Gasteiger charge is 2.22. The lowest BCUT2D eigenvalue weighted by molar-refractivity contribution is 0.0222. The van der Waals surface area contributed by atoms with Crippen molar-refractivity contribution < 1.29 is 14.6 Å². The highest BCUT2D eigenvalue weighted by atomic mass is 35.5. The third-order valence-electron chi connectivity index (χ3n) is 1.89. The Morgan fingerprint density at radius 1 is 1.62 bits per heavy atom. The predicted molar refractivity (Wildman–Crippen MR) is 54.2 cm³/mol. The van der Waals surface area contributed by atoms with Crippen molar-refractivity contribution in [3.05, 3.63) is 39.2 Å². The summed E-state index contributed by atoms with van der Waals surface area (Å²) >= 11 is 5.41. The summed E-state index contributed by atoms with van der Waals surface area (Å²) in [4.78, 5) is 5.87. The molecule has 0 bridgehead atoms. The van der Waals surface area contributed by atoms with Crippen molar-refractivity contribution in [1.82, 2.24) is 4.98 Å². The van der Waals surface area contributed by atoms with Gasteiger partial charge in [0.1, 0.15) is 6.10 Å². The Bertz CT molecular complexity index is 424. The number of aliphatic hydroxyl groups is 2. The molecule has 86 valence electrons. The van der Waals surface area contributed by atoms with Crippen LogP contribution in [0, 0.1) is 5.82 Å². The first-order valence-corrected chi connectivity index (χ1v) is 4.62. The molecule has 6 nitrogen and oxygen atoms in total. The predicted octanol–water partition coefficient (Wildman–Crippen LogP) is 1.58. The summed E-state index contributed by atoms with van der Waals surface area (Å²) in [6.45, 7) is -0.364. The minimum Gasteiger partial charge on any atom is -0.390 e. The van der Waals surface area contributed by atoms with Crippen LogP contribution in [0.5, 0.6) is 0 Å². The van der Waals surface area contributed by atoms with E-state index >= 15 is 0 Å². The van der Waals surface area contributed by atoms with Crippen molar-refractivity contribution in [2.24, 2.45) is 5.11 Å². The highest BCUT2D eigenvalue weighted by molar-refractivity contribution is 6.29. The summed E-state index contributed by atoms with van der Waals surface area (Å²) in [5, 5.41) is 21.6. The van der Waals surface area contributed by atoms with E-state index in [1.54, 1.807) is 0 Å². The fourth-order valence-electron chi connectivity index (χ4n) is 1.09. The number of pyridine rings is 1. The molecule has 0 aliphatic carbocycles. The van der Waals surface area contributed by atoms with Gasteiger partial charge in [0.2, 0.25) is 0 Å². The summed E-state index contributed by atoms with van der Waals surface area (Å²) in [5.41, 5.74) is 7.83. The van der Waals surface area contributed by atoms with Gasteiger partial charge in [-0.25, -0.2) is 9.37 Å². The minimum absolute atomic E-state index is 0.194. The number of hydrogen-bond donors (Lipinski definition) is 2. The number of nitrogens with zero attached hydrogens (tertiary/aromatic N) is 4. The SMILES string of the molecule is [N-]=[N+]=NCC(O)C(O)c1ccnc(Cl)c1F. The fraction of sp³-hybridized carbons (Fsp3) is 0.375.